The van der Waals surface area contributed by atoms with Gasteiger partial charge in [-0.05, 0) is 55.2 Å². The van der Waals surface area contributed by atoms with Crippen molar-refractivity contribution in [3.63, 3.8) is 0 Å². The molecule has 0 bridgehead atoms. The summed E-state index contributed by atoms with van der Waals surface area (Å²) >= 11 is 0. The first kappa shape index (κ1) is 28.7. The Bertz CT molecular complexity index is 1640. The first-order valence-electron chi connectivity index (χ1n) is 13.4. The molecule has 2 heterocycles. The fourth-order valence-corrected chi connectivity index (χ4v) is 5.12. The molecule has 218 valence electrons. The van der Waals surface area contributed by atoms with Crippen LogP contribution in [0.3, 0.4) is 0 Å². The number of benzene rings is 3. The van der Waals surface area contributed by atoms with E-state index in [0.717, 1.165) is 37.0 Å². The van der Waals surface area contributed by atoms with Crippen LogP contribution in [0.5, 0.6) is 0 Å². The van der Waals surface area contributed by atoms with Crippen LogP contribution in [-0.4, -0.2) is 51.9 Å². The maximum Gasteiger partial charge on any atom is 0.408 e. The average Bonchev–Trinajstić information content (AvgIpc) is 3.33. The number of carbonyl (C=O) groups is 3. The van der Waals surface area contributed by atoms with Crippen molar-refractivity contribution in [2.24, 2.45) is 0 Å². The summed E-state index contributed by atoms with van der Waals surface area (Å²) in [5, 5.41) is 19.2. The number of hydrogen-bond donors (Lipinski definition) is 3. The summed E-state index contributed by atoms with van der Waals surface area (Å²) < 4.78 is 40.4. The molecule has 0 unspecified atom stereocenters. The van der Waals surface area contributed by atoms with Gasteiger partial charge in [0.1, 0.15) is 6.54 Å². The summed E-state index contributed by atoms with van der Waals surface area (Å²) in [4.78, 5) is 40.2. The molecule has 1 saturated heterocycles. The highest BCUT2D eigenvalue weighted by Crippen LogP contribution is 2.31. The maximum atomic E-state index is 13.5. The minimum absolute atomic E-state index is 0.0283. The summed E-state index contributed by atoms with van der Waals surface area (Å²) in [6.45, 7) is 0.104. The molecule has 3 aromatic carbocycles. The van der Waals surface area contributed by atoms with Gasteiger partial charge in [0.05, 0.1) is 22.5 Å². The van der Waals surface area contributed by atoms with E-state index < -0.39 is 30.5 Å². The number of para-hydroxylation sites is 1. The molecule has 0 radical (unpaired) electrons. The van der Waals surface area contributed by atoms with Gasteiger partial charge in [-0.1, -0.05) is 36.4 Å². The number of carboxylic acid groups (broad SMARTS) is 1. The predicted octanol–water partition coefficient (Wildman–Crippen LogP) is 5.47. The molecule has 0 saturated carbocycles. The van der Waals surface area contributed by atoms with Gasteiger partial charge in [0, 0.05) is 30.6 Å². The molecule has 0 atom stereocenters. The van der Waals surface area contributed by atoms with Crippen LogP contribution in [0.25, 0.3) is 10.9 Å². The molecule has 42 heavy (non-hydrogen) atoms. The molecule has 0 spiro atoms. The molecule has 2 amide bonds. The van der Waals surface area contributed by atoms with Crippen LogP contribution in [-0.2, 0) is 13.1 Å². The third-order valence-electron chi connectivity index (χ3n) is 7.09. The number of piperidine rings is 1. The molecule has 3 N–H and O–H groups in total. The number of amides is 2. The first-order chi connectivity index (χ1) is 20.1. The lowest BCUT2D eigenvalue weighted by molar-refractivity contribution is -0.141. The second-order valence-electron chi connectivity index (χ2n) is 10.0. The first-order valence-corrected chi connectivity index (χ1v) is 13.4. The van der Waals surface area contributed by atoms with Crippen molar-refractivity contribution >= 4 is 40.1 Å². The minimum Gasteiger partial charge on any atom is -0.478 e. The van der Waals surface area contributed by atoms with Crippen LogP contribution < -0.4 is 15.5 Å². The Kier molecular flexibility index (Phi) is 8.14. The number of hydrogen-bond acceptors (Lipinski definition) is 5. The summed E-state index contributed by atoms with van der Waals surface area (Å²) in [5.41, 5.74) is 1.71. The van der Waals surface area contributed by atoms with Crippen molar-refractivity contribution < 1.29 is 32.7 Å². The van der Waals surface area contributed by atoms with E-state index in [1.807, 2.05) is 0 Å². The van der Waals surface area contributed by atoms with Crippen molar-refractivity contribution in [3.8, 4) is 0 Å². The number of rotatable bonds is 8. The van der Waals surface area contributed by atoms with Crippen LogP contribution in [0.4, 0.5) is 24.5 Å². The summed E-state index contributed by atoms with van der Waals surface area (Å²) in [5.74, 6) is -2.31. The topological polar surface area (TPSA) is 117 Å². The highest BCUT2D eigenvalue weighted by molar-refractivity contribution is 6.12. The van der Waals surface area contributed by atoms with Gasteiger partial charge in [-0.2, -0.15) is 18.3 Å². The Hall–Kier alpha value is -4.87. The predicted molar refractivity (Wildman–Crippen MR) is 151 cm³/mol. The number of carboxylic acids is 1. The number of aromatic carboxylic acids is 1. The van der Waals surface area contributed by atoms with Crippen LogP contribution in [0.2, 0.25) is 0 Å². The molecule has 1 aromatic heterocycles. The fraction of sp³-hybridized carbons (Fsp3) is 0.267. The number of anilines is 2. The maximum absolute atomic E-state index is 13.5. The van der Waals surface area contributed by atoms with Crippen LogP contribution in [0.15, 0.2) is 66.7 Å². The second kappa shape index (κ2) is 11.9. The van der Waals surface area contributed by atoms with Gasteiger partial charge in [-0.3, -0.25) is 14.3 Å². The van der Waals surface area contributed by atoms with Crippen molar-refractivity contribution in [2.45, 2.75) is 38.5 Å². The molecular formula is C30H28F3N5O4. The van der Waals surface area contributed by atoms with Gasteiger partial charge < -0.3 is 20.6 Å². The standard InChI is InChI=1S/C30H28F3N5O4/c31-30(32,33)18-38-24-11-5-4-10-22(24)26(36-38)28(40)35-23-16-19(12-13-25(23)37-14-6-1-7-15-37)27(39)34-17-20-8-2-3-9-21(20)29(41)42/h2-5,8-13,16H,1,6-7,14-15,17-18H2,(H,34,39)(H,35,40)(H,41,42). The lowest BCUT2D eigenvalue weighted by Crippen LogP contribution is -2.31. The van der Waals surface area contributed by atoms with E-state index in [4.69, 9.17) is 0 Å². The van der Waals surface area contributed by atoms with Crippen LogP contribution in [0, 0.1) is 0 Å². The number of halogens is 3. The molecule has 1 fully saturated rings. The summed E-state index contributed by atoms with van der Waals surface area (Å²) in [6.07, 6.45) is -1.56. The number of nitrogens with zero attached hydrogens (tertiary/aromatic N) is 3. The van der Waals surface area contributed by atoms with E-state index in [1.165, 1.54) is 24.3 Å². The third kappa shape index (κ3) is 6.37. The highest BCUT2D eigenvalue weighted by Gasteiger charge is 2.31. The number of nitrogens with one attached hydrogen (secondary N) is 2. The van der Waals surface area contributed by atoms with E-state index in [0.29, 0.717) is 16.9 Å². The van der Waals surface area contributed by atoms with Gasteiger partial charge >= 0.3 is 12.1 Å². The summed E-state index contributed by atoms with van der Waals surface area (Å²) in [7, 11) is 0. The Labute approximate surface area is 238 Å². The Morgan fingerprint density at radius 3 is 2.36 bits per heavy atom. The molecule has 4 aromatic rings. The Balaban J connectivity index is 1.44. The number of alkyl halides is 3. The lowest BCUT2D eigenvalue weighted by Gasteiger charge is -2.30. The van der Waals surface area contributed by atoms with Crippen LogP contribution in [0.1, 0.15) is 56.0 Å². The number of aromatic nitrogens is 2. The molecule has 1 aliphatic heterocycles. The lowest BCUT2D eigenvalue weighted by atomic mass is 10.1. The zero-order valence-corrected chi connectivity index (χ0v) is 22.4. The van der Waals surface area contributed by atoms with E-state index in [-0.39, 0.29) is 34.3 Å². The smallest absolute Gasteiger partial charge is 0.408 e. The van der Waals surface area contributed by atoms with E-state index >= 15 is 0 Å². The van der Waals surface area contributed by atoms with Crippen molar-refractivity contribution in [1.29, 1.82) is 0 Å². The molecule has 0 aliphatic carbocycles. The van der Waals surface area contributed by atoms with Gasteiger partial charge in [0.2, 0.25) is 0 Å². The molecule has 9 nitrogen and oxygen atoms in total. The Morgan fingerprint density at radius 2 is 1.62 bits per heavy atom. The highest BCUT2D eigenvalue weighted by atomic mass is 19.4. The van der Waals surface area contributed by atoms with Gasteiger partial charge in [-0.25, -0.2) is 4.79 Å². The zero-order valence-electron chi connectivity index (χ0n) is 22.4. The minimum atomic E-state index is -4.53. The fourth-order valence-electron chi connectivity index (χ4n) is 5.12. The van der Waals surface area contributed by atoms with E-state index in [2.05, 4.69) is 20.6 Å². The van der Waals surface area contributed by atoms with Crippen LogP contribution >= 0.6 is 0 Å². The van der Waals surface area contributed by atoms with E-state index in [1.54, 1.807) is 42.5 Å². The average molecular weight is 580 g/mol. The van der Waals surface area contributed by atoms with Gasteiger partial charge in [-0.15, -0.1) is 0 Å². The summed E-state index contributed by atoms with van der Waals surface area (Å²) in [6, 6.07) is 17.4. The SMILES string of the molecule is O=C(NCc1ccccc1C(=O)O)c1ccc(N2CCCCC2)c(NC(=O)c2nn(CC(F)(F)F)c3ccccc23)c1. The third-order valence-corrected chi connectivity index (χ3v) is 7.09. The van der Waals surface area contributed by atoms with Crippen molar-refractivity contribution in [3.05, 3.63) is 89.1 Å². The van der Waals surface area contributed by atoms with Gasteiger partial charge in [0.15, 0.2) is 5.69 Å². The van der Waals surface area contributed by atoms with Crippen molar-refractivity contribution in [2.75, 3.05) is 23.3 Å². The molecular weight excluding hydrogens is 551 g/mol. The van der Waals surface area contributed by atoms with Crippen molar-refractivity contribution in [1.82, 2.24) is 15.1 Å². The van der Waals surface area contributed by atoms with E-state index in [9.17, 15) is 32.7 Å². The zero-order chi connectivity index (χ0) is 29.9. The van der Waals surface area contributed by atoms with Gasteiger partial charge in [0.25, 0.3) is 11.8 Å². The molecule has 12 heteroatoms. The Morgan fingerprint density at radius 1 is 0.905 bits per heavy atom. The molecule has 1 aliphatic rings. The number of fused-ring (bicyclic) bond motifs is 1. The number of carbonyl (C=O) groups excluding carboxylic acids is 2. The largest absolute Gasteiger partial charge is 0.478 e. The quantitative estimate of drug-likeness (QED) is 0.255. The monoisotopic (exact) mass is 579 g/mol. The molecule has 5 rings (SSSR count). The normalized spacial score (nSPS) is 13.6. The second-order valence-corrected chi connectivity index (χ2v) is 10.0.